The van der Waals surface area contributed by atoms with Crippen molar-refractivity contribution < 1.29 is 22.1 Å². The van der Waals surface area contributed by atoms with E-state index in [0.717, 1.165) is 18.2 Å². The van der Waals surface area contributed by atoms with E-state index >= 15 is 0 Å². The average molecular weight is 449 g/mol. The number of hydrogen-bond donors (Lipinski definition) is 0. The number of methoxy groups -OCH3 is 2. The monoisotopic (exact) mass is 448 g/mol. The van der Waals surface area contributed by atoms with Crippen LogP contribution in [0.2, 0.25) is 0 Å². The smallest absolute Gasteiger partial charge is 0.306 e. The lowest BCUT2D eigenvalue weighted by atomic mass is 9.92. The van der Waals surface area contributed by atoms with Crippen LogP contribution in [0, 0.1) is 0 Å². The third-order valence-corrected chi connectivity index (χ3v) is 6.61. The summed E-state index contributed by atoms with van der Waals surface area (Å²) in [5, 5.41) is 4.93. The molecule has 0 heterocycles. The van der Waals surface area contributed by atoms with Crippen LogP contribution in [0.3, 0.4) is 0 Å². The maximum Gasteiger partial charge on any atom is 0.306 e. The molecular weight excluding hydrogens is 424 g/mol. The van der Waals surface area contributed by atoms with Crippen LogP contribution in [0.4, 0.5) is 0 Å². The molecule has 0 bridgehead atoms. The maximum absolute atomic E-state index is 11.8. The Morgan fingerprint density at radius 3 is 1.91 bits per heavy atom. The Kier molecular flexibility index (Phi) is 4.97. The molecule has 2 unspecified atom stereocenters. The van der Waals surface area contributed by atoms with Gasteiger partial charge in [0, 0.05) is 11.6 Å². The molecule has 0 spiro atoms. The van der Waals surface area contributed by atoms with Crippen molar-refractivity contribution in [2.24, 2.45) is 0 Å². The predicted octanol–water partition coefficient (Wildman–Crippen LogP) is 5.62. The zero-order valence-electron chi connectivity index (χ0n) is 18.2. The molecule has 2 atom stereocenters. The molecule has 32 heavy (non-hydrogen) atoms. The molecule has 5 nitrogen and oxygen atoms in total. The Hall–Kier alpha value is -3.25. The maximum atomic E-state index is 11.8. The summed E-state index contributed by atoms with van der Waals surface area (Å²) < 4.78 is 39.8. The van der Waals surface area contributed by atoms with Gasteiger partial charge < -0.3 is 13.7 Å². The van der Waals surface area contributed by atoms with Gasteiger partial charge in [-0.05, 0) is 57.5 Å². The second-order valence-corrected chi connectivity index (χ2v) is 9.79. The third kappa shape index (κ3) is 3.65. The summed E-state index contributed by atoms with van der Waals surface area (Å²) in [7, 11) is -0.606. The van der Waals surface area contributed by atoms with Gasteiger partial charge in [-0.15, -0.1) is 0 Å². The van der Waals surface area contributed by atoms with Gasteiger partial charge in [-0.25, -0.2) is 0 Å². The van der Waals surface area contributed by atoms with Crippen LogP contribution in [0.25, 0.3) is 21.5 Å². The molecule has 0 aromatic heterocycles. The standard InChI is InChI=1S/C26H24O5S/c1-29-23-15-24(30-2)25(31-32(3,27)28)14-21(23)20-13-22(20)26-18-10-6-4-8-16(18)12-17-9-5-7-11-19(17)26/h4-12,14-15,20,22H,13H2,1-3H3. The van der Waals surface area contributed by atoms with E-state index in [-0.39, 0.29) is 11.7 Å². The molecule has 4 aromatic rings. The van der Waals surface area contributed by atoms with Crippen LogP contribution < -0.4 is 13.7 Å². The molecule has 5 rings (SSSR count). The Bertz CT molecular complexity index is 1390. The van der Waals surface area contributed by atoms with Crippen molar-refractivity contribution in [1.82, 2.24) is 0 Å². The molecule has 0 N–H and O–H groups in total. The summed E-state index contributed by atoms with van der Waals surface area (Å²) in [6.07, 6.45) is 1.97. The molecule has 0 aliphatic heterocycles. The molecule has 164 valence electrons. The van der Waals surface area contributed by atoms with Crippen molar-refractivity contribution in [2.45, 2.75) is 18.3 Å². The van der Waals surface area contributed by atoms with E-state index in [1.54, 1.807) is 19.2 Å². The summed E-state index contributed by atoms with van der Waals surface area (Å²) in [5.41, 5.74) is 2.25. The van der Waals surface area contributed by atoms with Crippen molar-refractivity contribution in [3.8, 4) is 17.2 Å². The summed E-state index contributed by atoms with van der Waals surface area (Å²) in [6.45, 7) is 0. The van der Waals surface area contributed by atoms with E-state index in [1.807, 2.05) is 0 Å². The highest BCUT2D eigenvalue weighted by molar-refractivity contribution is 7.86. The molecule has 1 aliphatic carbocycles. The van der Waals surface area contributed by atoms with Crippen LogP contribution in [-0.2, 0) is 10.1 Å². The van der Waals surface area contributed by atoms with E-state index in [4.69, 9.17) is 13.7 Å². The highest BCUT2D eigenvalue weighted by Crippen LogP contribution is 2.60. The molecule has 6 heteroatoms. The van der Waals surface area contributed by atoms with Gasteiger partial charge in [-0.2, -0.15) is 8.42 Å². The number of hydrogen-bond acceptors (Lipinski definition) is 5. The van der Waals surface area contributed by atoms with Gasteiger partial charge in [0.05, 0.1) is 20.5 Å². The van der Waals surface area contributed by atoms with Gasteiger partial charge in [0.15, 0.2) is 11.5 Å². The lowest BCUT2D eigenvalue weighted by Crippen LogP contribution is -2.07. The molecule has 0 amide bonds. The first-order valence-electron chi connectivity index (χ1n) is 10.5. The van der Waals surface area contributed by atoms with Gasteiger partial charge in [0.25, 0.3) is 0 Å². The highest BCUT2D eigenvalue weighted by Gasteiger charge is 2.43. The van der Waals surface area contributed by atoms with E-state index < -0.39 is 10.1 Å². The van der Waals surface area contributed by atoms with Gasteiger partial charge in [-0.1, -0.05) is 48.5 Å². The Morgan fingerprint density at radius 2 is 1.34 bits per heavy atom. The second kappa shape index (κ2) is 7.71. The summed E-state index contributed by atoms with van der Waals surface area (Å²) in [6, 6.07) is 22.6. The van der Waals surface area contributed by atoms with Crippen molar-refractivity contribution in [3.05, 3.63) is 77.9 Å². The Balaban J connectivity index is 1.64. The normalized spacial score (nSPS) is 18.0. The van der Waals surface area contributed by atoms with Crippen molar-refractivity contribution >= 4 is 31.7 Å². The zero-order valence-corrected chi connectivity index (χ0v) is 19.0. The average Bonchev–Trinajstić information content (AvgIpc) is 3.56. The van der Waals surface area contributed by atoms with Crippen LogP contribution in [0.15, 0.2) is 66.7 Å². The summed E-state index contributed by atoms with van der Waals surface area (Å²) in [4.78, 5) is 0. The number of ether oxygens (including phenoxy) is 2. The molecule has 1 aliphatic rings. The van der Waals surface area contributed by atoms with E-state index in [0.29, 0.717) is 17.4 Å². The van der Waals surface area contributed by atoms with Crippen molar-refractivity contribution in [2.75, 3.05) is 20.5 Å². The Labute approximate surface area is 187 Å². The summed E-state index contributed by atoms with van der Waals surface area (Å²) >= 11 is 0. The van der Waals surface area contributed by atoms with Crippen molar-refractivity contribution in [1.29, 1.82) is 0 Å². The topological polar surface area (TPSA) is 61.8 Å². The van der Waals surface area contributed by atoms with Crippen LogP contribution in [-0.4, -0.2) is 28.9 Å². The first-order valence-corrected chi connectivity index (χ1v) is 12.3. The number of benzene rings is 4. The van der Waals surface area contributed by atoms with Crippen molar-refractivity contribution in [3.63, 3.8) is 0 Å². The number of rotatable bonds is 6. The van der Waals surface area contributed by atoms with Gasteiger partial charge in [-0.3, -0.25) is 0 Å². The fourth-order valence-electron chi connectivity index (χ4n) is 4.72. The lowest BCUT2D eigenvalue weighted by molar-refractivity contribution is 0.376. The minimum Gasteiger partial charge on any atom is -0.496 e. The zero-order chi connectivity index (χ0) is 22.5. The van der Waals surface area contributed by atoms with Crippen LogP contribution in [0.5, 0.6) is 17.2 Å². The largest absolute Gasteiger partial charge is 0.496 e. The van der Waals surface area contributed by atoms with Gasteiger partial charge in [0.1, 0.15) is 5.75 Å². The molecule has 4 aromatic carbocycles. The van der Waals surface area contributed by atoms with E-state index in [1.165, 1.54) is 34.2 Å². The molecule has 1 saturated carbocycles. The predicted molar refractivity (Wildman–Crippen MR) is 127 cm³/mol. The minimum atomic E-state index is -3.70. The first-order chi connectivity index (χ1) is 15.4. The quantitative estimate of drug-likeness (QED) is 0.283. The fourth-order valence-corrected chi connectivity index (χ4v) is 5.17. The number of fused-ring (bicyclic) bond motifs is 2. The molecule has 1 fully saturated rings. The third-order valence-electron chi connectivity index (χ3n) is 6.13. The van der Waals surface area contributed by atoms with Gasteiger partial charge in [0.2, 0.25) is 0 Å². The second-order valence-electron chi connectivity index (χ2n) is 8.21. The summed E-state index contributed by atoms with van der Waals surface area (Å²) in [5.74, 6) is 1.65. The molecule has 0 radical (unpaired) electrons. The highest BCUT2D eigenvalue weighted by atomic mass is 32.2. The Morgan fingerprint density at radius 1 is 0.750 bits per heavy atom. The van der Waals surface area contributed by atoms with Gasteiger partial charge >= 0.3 is 10.1 Å². The van der Waals surface area contributed by atoms with E-state index in [2.05, 4.69) is 54.6 Å². The van der Waals surface area contributed by atoms with Crippen LogP contribution >= 0.6 is 0 Å². The molecular formula is C26H24O5S. The minimum absolute atomic E-state index is 0.180. The SMILES string of the molecule is COc1cc(OC)c(C2CC2c2c3ccccc3cc3ccccc23)cc1OS(C)(=O)=O. The first kappa shape index (κ1) is 20.6. The fraction of sp³-hybridized carbons (Fsp3) is 0.231. The van der Waals surface area contributed by atoms with E-state index in [9.17, 15) is 8.42 Å². The lowest BCUT2D eigenvalue weighted by Gasteiger charge is -2.16. The molecule has 0 saturated heterocycles. The van der Waals surface area contributed by atoms with Crippen LogP contribution in [0.1, 0.15) is 29.4 Å².